The SMILES string of the molecule is CCc1ccc(OCCNc2cc(N3CCOCC3)ccc2[N+](=O)[O-])cc1. The molecule has 7 nitrogen and oxygen atoms in total. The van der Waals surface area contributed by atoms with Gasteiger partial charge in [0, 0.05) is 31.4 Å². The molecule has 0 saturated carbocycles. The maximum absolute atomic E-state index is 11.3. The normalized spacial score (nSPS) is 14.0. The van der Waals surface area contributed by atoms with Gasteiger partial charge >= 0.3 is 0 Å². The zero-order valence-corrected chi connectivity index (χ0v) is 15.5. The van der Waals surface area contributed by atoms with Gasteiger partial charge in [0.2, 0.25) is 0 Å². The van der Waals surface area contributed by atoms with Crippen LogP contribution in [-0.2, 0) is 11.2 Å². The van der Waals surface area contributed by atoms with Gasteiger partial charge in [0.25, 0.3) is 5.69 Å². The second-order valence-corrected chi connectivity index (χ2v) is 6.33. The van der Waals surface area contributed by atoms with Gasteiger partial charge in [0.05, 0.1) is 18.1 Å². The van der Waals surface area contributed by atoms with Crippen LogP contribution in [0.2, 0.25) is 0 Å². The first kappa shape index (κ1) is 19.0. The number of nitrogens with zero attached hydrogens (tertiary/aromatic N) is 2. The van der Waals surface area contributed by atoms with Gasteiger partial charge in [-0.25, -0.2) is 0 Å². The van der Waals surface area contributed by atoms with E-state index in [1.807, 2.05) is 30.3 Å². The molecule has 2 aromatic rings. The lowest BCUT2D eigenvalue weighted by molar-refractivity contribution is -0.383. The highest BCUT2D eigenvalue weighted by Crippen LogP contribution is 2.30. The Morgan fingerprint density at radius 2 is 1.93 bits per heavy atom. The molecule has 0 bridgehead atoms. The monoisotopic (exact) mass is 371 g/mol. The van der Waals surface area contributed by atoms with Crippen molar-refractivity contribution in [2.75, 3.05) is 49.7 Å². The Labute approximate surface area is 159 Å². The number of rotatable bonds is 8. The van der Waals surface area contributed by atoms with Crippen LogP contribution < -0.4 is 15.0 Å². The van der Waals surface area contributed by atoms with Crippen molar-refractivity contribution in [3.8, 4) is 5.75 Å². The van der Waals surface area contributed by atoms with Crippen LogP contribution in [-0.4, -0.2) is 44.4 Å². The molecule has 1 heterocycles. The zero-order valence-electron chi connectivity index (χ0n) is 15.5. The van der Waals surface area contributed by atoms with Crippen LogP contribution in [0.15, 0.2) is 42.5 Å². The van der Waals surface area contributed by atoms with Gasteiger partial charge < -0.3 is 19.7 Å². The fraction of sp³-hybridized carbons (Fsp3) is 0.400. The molecule has 2 aromatic carbocycles. The van der Waals surface area contributed by atoms with Crippen molar-refractivity contribution in [3.05, 3.63) is 58.1 Å². The summed E-state index contributed by atoms with van der Waals surface area (Å²) in [6.45, 7) is 5.92. The third-order valence-corrected chi connectivity index (χ3v) is 4.57. The molecule has 1 aliphatic rings. The molecule has 0 aliphatic carbocycles. The highest BCUT2D eigenvalue weighted by atomic mass is 16.6. The van der Waals surface area contributed by atoms with E-state index in [1.54, 1.807) is 12.1 Å². The number of benzene rings is 2. The summed E-state index contributed by atoms with van der Waals surface area (Å²) >= 11 is 0. The molecule has 3 rings (SSSR count). The molecule has 1 fully saturated rings. The molecule has 27 heavy (non-hydrogen) atoms. The van der Waals surface area contributed by atoms with Gasteiger partial charge in [-0.15, -0.1) is 0 Å². The highest BCUT2D eigenvalue weighted by Gasteiger charge is 2.18. The second kappa shape index (κ2) is 9.23. The minimum atomic E-state index is -0.365. The van der Waals surface area contributed by atoms with Gasteiger partial charge in [-0.2, -0.15) is 0 Å². The maximum Gasteiger partial charge on any atom is 0.292 e. The Bertz CT molecular complexity index is 758. The lowest BCUT2D eigenvalue weighted by Gasteiger charge is -2.29. The molecular weight excluding hydrogens is 346 g/mol. The average Bonchev–Trinajstić information content (AvgIpc) is 2.72. The molecule has 0 atom stereocenters. The summed E-state index contributed by atoms with van der Waals surface area (Å²) in [4.78, 5) is 13.1. The van der Waals surface area contributed by atoms with Crippen molar-refractivity contribution < 1.29 is 14.4 Å². The number of nitro benzene ring substituents is 1. The summed E-state index contributed by atoms with van der Waals surface area (Å²) in [5.41, 5.74) is 2.80. The maximum atomic E-state index is 11.3. The van der Waals surface area contributed by atoms with E-state index in [4.69, 9.17) is 9.47 Å². The van der Waals surface area contributed by atoms with Crippen LogP contribution in [0.5, 0.6) is 5.75 Å². The molecule has 0 amide bonds. The summed E-state index contributed by atoms with van der Waals surface area (Å²) in [5.74, 6) is 0.797. The van der Waals surface area contributed by atoms with Crippen molar-refractivity contribution in [1.29, 1.82) is 0 Å². The molecule has 0 spiro atoms. The van der Waals surface area contributed by atoms with E-state index in [9.17, 15) is 10.1 Å². The van der Waals surface area contributed by atoms with Gasteiger partial charge in [-0.3, -0.25) is 10.1 Å². The Hall–Kier alpha value is -2.80. The number of hydrogen-bond donors (Lipinski definition) is 1. The number of ether oxygens (including phenoxy) is 2. The number of aryl methyl sites for hydroxylation is 1. The van der Waals surface area contributed by atoms with Crippen LogP contribution in [0, 0.1) is 10.1 Å². The quantitative estimate of drug-likeness (QED) is 0.435. The molecule has 0 unspecified atom stereocenters. The molecule has 0 aromatic heterocycles. The lowest BCUT2D eigenvalue weighted by atomic mass is 10.2. The van der Waals surface area contributed by atoms with E-state index in [-0.39, 0.29) is 10.6 Å². The van der Waals surface area contributed by atoms with E-state index >= 15 is 0 Å². The third-order valence-electron chi connectivity index (χ3n) is 4.57. The van der Waals surface area contributed by atoms with Crippen molar-refractivity contribution in [2.24, 2.45) is 0 Å². The lowest BCUT2D eigenvalue weighted by Crippen LogP contribution is -2.36. The standard InChI is InChI=1S/C20H25N3O4/c1-2-16-3-6-18(7-4-16)27-12-9-21-19-15-17(5-8-20(19)23(24)25)22-10-13-26-14-11-22/h3-8,15,21H,2,9-14H2,1H3. The van der Waals surface area contributed by atoms with Crippen molar-refractivity contribution in [2.45, 2.75) is 13.3 Å². The minimum Gasteiger partial charge on any atom is -0.492 e. The Balaban J connectivity index is 1.60. The van der Waals surface area contributed by atoms with E-state index in [0.717, 1.165) is 30.9 Å². The van der Waals surface area contributed by atoms with E-state index in [0.29, 0.717) is 32.1 Å². The minimum absolute atomic E-state index is 0.0688. The smallest absolute Gasteiger partial charge is 0.292 e. The Morgan fingerprint density at radius 1 is 1.19 bits per heavy atom. The van der Waals surface area contributed by atoms with E-state index in [1.165, 1.54) is 5.56 Å². The fourth-order valence-electron chi connectivity index (χ4n) is 3.02. The fourth-order valence-corrected chi connectivity index (χ4v) is 3.02. The third kappa shape index (κ3) is 5.10. The van der Waals surface area contributed by atoms with Crippen LogP contribution in [0.4, 0.5) is 17.1 Å². The topological polar surface area (TPSA) is 76.9 Å². The van der Waals surface area contributed by atoms with Crippen molar-refractivity contribution in [3.63, 3.8) is 0 Å². The van der Waals surface area contributed by atoms with Crippen molar-refractivity contribution in [1.82, 2.24) is 0 Å². The molecular formula is C20H25N3O4. The van der Waals surface area contributed by atoms with E-state index in [2.05, 4.69) is 17.1 Å². The zero-order chi connectivity index (χ0) is 19.1. The molecule has 1 aliphatic heterocycles. The van der Waals surface area contributed by atoms with Crippen molar-refractivity contribution >= 4 is 17.1 Å². The van der Waals surface area contributed by atoms with Crippen LogP contribution >= 0.6 is 0 Å². The number of hydrogen-bond acceptors (Lipinski definition) is 6. The average molecular weight is 371 g/mol. The predicted molar refractivity (Wildman–Crippen MR) is 106 cm³/mol. The molecule has 7 heteroatoms. The molecule has 144 valence electrons. The molecule has 0 radical (unpaired) electrons. The van der Waals surface area contributed by atoms with Crippen LogP contribution in [0.3, 0.4) is 0 Å². The number of nitro groups is 1. The van der Waals surface area contributed by atoms with Crippen LogP contribution in [0.1, 0.15) is 12.5 Å². The number of morpholine rings is 1. The van der Waals surface area contributed by atoms with Gasteiger partial charge in [-0.05, 0) is 36.2 Å². The predicted octanol–water partition coefficient (Wildman–Crippen LogP) is 3.48. The van der Waals surface area contributed by atoms with Gasteiger partial charge in [0.15, 0.2) is 0 Å². The second-order valence-electron chi connectivity index (χ2n) is 6.33. The summed E-state index contributed by atoms with van der Waals surface area (Å²) in [5, 5.41) is 14.5. The molecule has 1 saturated heterocycles. The Kier molecular flexibility index (Phi) is 6.49. The first-order valence-corrected chi connectivity index (χ1v) is 9.24. The first-order chi connectivity index (χ1) is 13.2. The number of nitrogens with one attached hydrogen (secondary N) is 1. The first-order valence-electron chi connectivity index (χ1n) is 9.24. The van der Waals surface area contributed by atoms with Crippen LogP contribution in [0.25, 0.3) is 0 Å². The number of anilines is 2. The molecule has 1 N–H and O–H groups in total. The van der Waals surface area contributed by atoms with E-state index < -0.39 is 0 Å². The van der Waals surface area contributed by atoms with Gasteiger partial charge in [-0.1, -0.05) is 19.1 Å². The Morgan fingerprint density at radius 3 is 2.59 bits per heavy atom. The summed E-state index contributed by atoms with van der Waals surface area (Å²) < 4.78 is 11.1. The largest absolute Gasteiger partial charge is 0.492 e. The highest BCUT2D eigenvalue weighted by molar-refractivity contribution is 5.69. The van der Waals surface area contributed by atoms with Gasteiger partial charge in [0.1, 0.15) is 18.0 Å². The summed E-state index contributed by atoms with van der Waals surface area (Å²) in [7, 11) is 0. The summed E-state index contributed by atoms with van der Waals surface area (Å²) in [6.07, 6.45) is 0.991. The summed E-state index contributed by atoms with van der Waals surface area (Å²) in [6, 6.07) is 13.1.